The molecule has 6 nitrogen and oxygen atoms in total. The molecule has 0 unspecified atom stereocenters. The average Bonchev–Trinajstić information content (AvgIpc) is 3.14. The summed E-state index contributed by atoms with van der Waals surface area (Å²) in [6.45, 7) is 7.02. The van der Waals surface area contributed by atoms with E-state index in [1.165, 1.54) is 5.01 Å². The van der Waals surface area contributed by atoms with E-state index in [-0.39, 0.29) is 24.0 Å². The lowest BCUT2D eigenvalue weighted by atomic mass is 10.3. The Morgan fingerprint density at radius 2 is 2.11 bits per heavy atom. The summed E-state index contributed by atoms with van der Waals surface area (Å²) < 4.78 is 10.8. The van der Waals surface area contributed by atoms with Crippen LogP contribution >= 0.6 is 35.3 Å². The van der Waals surface area contributed by atoms with Crippen molar-refractivity contribution >= 4 is 47.0 Å². The predicted molar refractivity (Wildman–Crippen MR) is 129 cm³/mol. The van der Waals surface area contributed by atoms with Crippen LogP contribution in [0.4, 0.5) is 5.69 Å². The number of hydrogen-bond acceptors (Lipinski definition) is 5. The van der Waals surface area contributed by atoms with Crippen molar-refractivity contribution in [2.45, 2.75) is 33.1 Å². The second-order valence-electron chi connectivity index (χ2n) is 5.94. The Kier molecular flexibility index (Phi) is 12.8. The maximum atomic E-state index is 5.75. The number of methoxy groups -OCH3 is 1. The molecule has 0 aliphatic rings. The Bertz CT molecular complexity index is 709. The molecule has 1 aromatic carbocycles. The molecule has 0 fully saturated rings. The van der Waals surface area contributed by atoms with E-state index >= 15 is 0 Å². The summed E-state index contributed by atoms with van der Waals surface area (Å²) in [6.07, 6.45) is 2.70. The molecule has 1 aromatic heterocycles. The number of thiazole rings is 1. The van der Waals surface area contributed by atoms with Crippen LogP contribution < -0.4 is 15.4 Å². The lowest BCUT2D eigenvalue weighted by Crippen LogP contribution is -2.30. The summed E-state index contributed by atoms with van der Waals surface area (Å²) in [5.41, 5.74) is 2.06. The Balaban J connectivity index is 0.00000392. The molecule has 2 aromatic rings. The van der Waals surface area contributed by atoms with Gasteiger partial charge in [0, 0.05) is 56.8 Å². The van der Waals surface area contributed by atoms with E-state index in [0.717, 1.165) is 48.9 Å². The summed E-state index contributed by atoms with van der Waals surface area (Å²) in [7, 11) is 1.70. The number of nitrogens with zero attached hydrogens (tertiary/aromatic N) is 2. The third kappa shape index (κ3) is 9.20. The van der Waals surface area contributed by atoms with Crippen molar-refractivity contribution in [3.8, 4) is 5.75 Å². The standard InChI is InChI=1S/C20H30N4O2S.HI/c1-4-19-23-17(15-27-19)10-11-22-20(21-5-2)24-16-8-6-9-18(14-16)26-13-7-12-25-3;/h6,8-9,14-15H,4-5,7,10-13H2,1-3H3,(H2,21,22,24);1H. The Morgan fingerprint density at radius 3 is 2.82 bits per heavy atom. The van der Waals surface area contributed by atoms with Crippen LogP contribution in [0.3, 0.4) is 0 Å². The first-order chi connectivity index (χ1) is 13.2. The van der Waals surface area contributed by atoms with E-state index in [1.54, 1.807) is 18.4 Å². The molecule has 0 atom stereocenters. The summed E-state index contributed by atoms with van der Waals surface area (Å²) in [5, 5.41) is 9.92. The van der Waals surface area contributed by atoms with Crippen LogP contribution in [0.15, 0.2) is 34.6 Å². The summed E-state index contributed by atoms with van der Waals surface area (Å²) in [6, 6.07) is 7.91. The van der Waals surface area contributed by atoms with Gasteiger partial charge in [-0.15, -0.1) is 35.3 Å². The van der Waals surface area contributed by atoms with Gasteiger partial charge in [-0.2, -0.15) is 0 Å². The van der Waals surface area contributed by atoms with Gasteiger partial charge in [-0.05, 0) is 25.5 Å². The Hall–Kier alpha value is -1.39. The normalized spacial score (nSPS) is 11.0. The number of nitrogens with one attached hydrogen (secondary N) is 2. The largest absolute Gasteiger partial charge is 0.493 e. The first-order valence-electron chi connectivity index (χ1n) is 9.45. The van der Waals surface area contributed by atoms with E-state index in [2.05, 4.69) is 39.8 Å². The van der Waals surface area contributed by atoms with Crippen LogP contribution in [0.2, 0.25) is 0 Å². The zero-order valence-electron chi connectivity index (χ0n) is 16.9. The fraction of sp³-hybridized carbons (Fsp3) is 0.500. The molecule has 0 aliphatic carbocycles. The highest BCUT2D eigenvalue weighted by Gasteiger charge is 2.03. The molecular weight excluding hydrogens is 487 g/mol. The molecule has 156 valence electrons. The number of halogens is 1. The minimum absolute atomic E-state index is 0. The van der Waals surface area contributed by atoms with Crippen molar-refractivity contribution in [1.82, 2.24) is 10.3 Å². The average molecular weight is 518 g/mol. The zero-order chi connectivity index (χ0) is 19.3. The molecule has 2 N–H and O–H groups in total. The number of aryl methyl sites for hydroxylation is 1. The van der Waals surface area contributed by atoms with Crippen LogP contribution in [0.5, 0.6) is 5.75 Å². The number of anilines is 1. The first kappa shape index (κ1) is 24.6. The number of guanidine groups is 1. The lowest BCUT2D eigenvalue weighted by molar-refractivity contribution is 0.172. The lowest BCUT2D eigenvalue weighted by Gasteiger charge is -2.13. The van der Waals surface area contributed by atoms with Crippen molar-refractivity contribution in [3.05, 3.63) is 40.3 Å². The number of ether oxygens (including phenoxy) is 2. The Labute approximate surface area is 189 Å². The SMILES string of the molecule is CCNC(=NCCc1csc(CC)n1)Nc1cccc(OCCCOC)c1.I. The van der Waals surface area contributed by atoms with E-state index < -0.39 is 0 Å². The highest BCUT2D eigenvalue weighted by atomic mass is 127. The minimum Gasteiger partial charge on any atom is -0.493 e. The van der Waals surface area contributed by atoms with Crippen LogP contribution in [-0.2, 0) is 17.6 Å². The number of aromatic nitrogens is 1. The van der Waals surface area contributed by atoms with Gasteiger partial charge in [-0.3, -0.25) is 4.99 Å². The summed E-state index contributed by atoms with van der Waals surface area (Å²) in [5.74, 6) is 1.60. The molecule has 0 spiro atoms. The molecule has 0 amide bonds. The molecule has 0 saturated heterocycles. The number of benzene rings is 1. The van der Waals surface area contributed by atoms with Crippen molar-refractivity contribution in [1.29, 1.82) is 0 Å². The number of hydrogen-bond donors (Lipinski definition) is 2. The van der Waals surface area contributed by atoms with Gasteiger partial charge in [0.2, 0.25) is 0 Å². The van der Waals surface area contributed by atoms with Crippen molar-refractivity contribution in [2.75, 3.05) is 38.7 Å². The Morgan fingerprint density at radius 1 is 1.25 bits per heavy atom. The van der Waals surface area contributed by atoms with Gasteiger partial charge in [0.1, 0.15) is 5.75 Å². The van der Waals surface area contributed by atoms with Crippen LogP contribution in [-0.4, -0.2) is 44.4 Å². The van der Waals surface area contributed by atoms with Crippen LogP contribution in [0, 0.1) is 0 Å². The number of rotatable bonds is 11. The number of aliphatic imine (C=N–C) groups is 1. The van der Waals surface area contributed by atoms with Gasteiger partial charge < -0.3 is 20.1 Å². The molecule has 0 saturated carbocycles. The molecular formula is C20H31IN4O2S. The molecule has 0 bridgehead atoms. The van der Waals surface area contributed by atoms with E-state index in [4.69, 9.17) is 9.47 Å². The monoisotopic (exact) mass is 518 g/mol. The van der Waals surface area contributed by atoms with Crippen LogP contribution in [0.1, 0.15) is 31.0 Å². The van der Waals surface area contributed by atoms with Gasteiger partial charge in [0.05, 0.1) is 17.3 Å². The highest BCUT2D eigenvalue weighted by Crippen LogP contribution is 2.17. The van der Waals surface area contributed by atoms with E-state index in [1.807, 2.05) is 24.3 Å². The molecule has 1 heterocycles. The smallest absolute Gasteiger partial charge is 0.195 e. The van der Waals surface area contributed by atoms with Crippen molar-refractivity contribution in [2.24, 2.45) is 4.99 Å². The van der Waals surface area contributed by atoms with Crippen LogP contribution in [0.25, 0.3) is 0 Å². The maximum absolute atomic E-state index is 5.75. The summed E-state index contributed by atoms with van der Waals surface area (Å²) >= 11 is 1.72. The molecule has 2 rings (SSSR count). The summed E-state index contributed by atoms with van der Waals surface area (Å²) in [4.78, 5) is 9.25. The molecule has 28 heavy (non-hydrogen) atoms. The highest BCUT2D eigenvalue weighted by molar-refractivity contribution is 14.0. The molecule has 8 heteroatoms. The van der Waals surface area contributed by atoms with Gasteiger partial charge in [-0.1, -0.05) is 13.0 Å². The zero-order valence-corrected chi connectivity index (χ0v) is 20.0. The van der Waals surface area contributed by atoms with Gasteiger partial charge in [0.15, 0.2) is 5.96 Å². The van der Waals surface area contributed by atoms with Crippen molar-refractivity contribution < 1.29 is 9.47 Å². The van der Waals surface area contributed by atoms with E-state index in [0.29, 0.717) is 19.8 Å². The first-order valence-corrected chi connectivity index (χ1v) is 10.3. The van der Waals surface area contributed by atoms with Gasteiger partial charge in [-0.25, -0.2) is 4.98 Å². The predicted octanol–water partition coefficient (Wildman–Crippen LogP) is 4.36. The maximum Gasteiger partial charge on any atom is 0.195 e. The molecule has 0 aliphatic heterocycles. The quantitative estimate of drug-likeness (QED) is 0.200. The fourth-order valence-corrected chi connectivity index (χ4v) is 3.19. The third-order valence-corrected chi connectivity index (χ3v) is 4.78. The van der Waals surface area contributed by atoms with Gasteiger partial charge in [0.25, 0.3) is 0 Å². The third-order valence-electron chi connectivity index (χ3n) is 3.74. The molecule has 0 radical (unpaired) electrons. The van der Waals surface area contributed by atoms with Crippen molar-refractivity contribution in [3.63, 3.8) is 0 Å². The topological polar surface area (TPSA) is 67.8 Å². The second-order valence-corrected chi connectivity index (χ2v) is 6.89. The van der Waals surface area contributed by atoms with E-state index in [9.17, 15) is 0 Å². The minimum atomic E-state index is 0. The fourth-order valence-electron chi connectivity index (χ4n) is 2.41. The van der Waals surface area contributed by atoms with Gasteiger partial charge >= 0.3 is 0 Å². The second kappa shape index (κ2) is 14.6.